The molecule has 0 atom stereocenters. The summed E-state index contributed by atoms with van der Waals surface area (Å²) in [5.41, 5.74) is 7.75. The van der Waals surface area contributed by atoms with Gasteiger partial charge in [0.2, 0.25) is 0 Å². The lowest BCUT2D eigenvalue weighted by atomic mass is 10.1. The summed E-state index contributed by atoms with van der Waals surface area (Å²) in [6.07, 6.45) is 1.86. The summed E-state index contributed by atoms with van der Waals surface area (Å²) in [6, 6.07) is 4.02. The molecule has 0 amide bonds. The second kappa shape index (κ2) is 5.23. The first-order chi connectivity index (χ1) is 6.69. The molecule has 0 unspecified atom stereocenters. The first kappa shape index (κ1) is 11.3. The second-order valence-corrected chi connectivity index (χ2v) is 3.71. The van der Waals surface area contributed by atoms with E-state index in [1.54, 1.807) is 7.11 Å². The van der Waals surface area contributed by atoms with Crippen LogP contribution in [0, 0.1) is 6.92 Å². The van der Waals surface area contributed by atoms with E-state index in [4.69, 9.17) is 22.1 Å². The average Bonchev–Trinajstić information content (AvgIpc) is 2.18. The van der Waals surface area contributed by atoms with Crippen LogP contribution >= 0.6 is 11.6 Å². The van der Waals surface area contributed by atoms with Gasteiger partial charge >= 0.3 is 0 Å². The molecule has 2 N–H and O–H groups in total. The fourth-order valence-electron chi connectivity index (χ4n) is 1.43. The quantitative estimate of drug-likeness (QED) is 0.835. The minimum Gasteiger partial charge on any atom is -0.495 e. The third kappa shape index (κ3) is 2.63. The van der Waals surface area contributed by atoms with E-state index in [1.807, 2.05) is 13.0 Å². The lowest BCUT2D eigenvalue weighted by molar-refractivity contribution is 0.414. The van der Waals surface area contributed by atoms with Gasteiger partial charge in [-0.1, -0.05) is 17.7 Å². The molecule has 0 saturated heterocycles. The van der Waals surface area contributed by atoms with Gasteiger partial charge < -0.3 is 10.5 Å². The Balaban J connectivity index is 2.96. The summed E-state index contributed by atoms with van der Waals surface area (Å²) in [7, 11) is 1.63. The monoisotopic (exact) mass is 213 g/mol. The maximum Gasteiger partial charge on any atom is 0.137 e. The minimum absolute atomic E-state index is 0.687. The maximum absolute atomic E-state index is 6.15. The van der Waals surface area contributed by atoms with E-state index in [0.29, 0.717) is 11.6 Å². The van der Waals surface area contributed by atoms with E-state index in [2.05, 4.69) is 6.07 Å². The SMILES string of the molecule is COc1cc(C)cc(CCCN)c1Cl. The Morgan fingerprint density at radius 2 is 2.14 bits per heavy atom. The molecule has 0 bridgehead atoms. The van der Waals surface area contributed by atoms with Gasteiger partial charge in [-0.3, -0.25) is 0 Å². The molecule has 0 fully saturated rings. The average molecular weight is 214 g/mol. The Morgan fingerprint density at radius 3 is 2.71 bits per heavy atom. The summed E-state index contributed by atoms with van der Waals surface area (Å²) in [5, 5.41) is 0.714. The fourth-order valence-corrected chi connectivity index (χ4v) is 1.71. The fraction of sp³-hybridized carbons (Fsp3) is 0.455. The molecule has 0 heterocycles. The smallest absolute Gasteiger partial charge is 0.137 e. The van der Waals surface area contributed by atoms with Gasteiger partial charge in [-0.2, -0.15) is 0 Å². The van der Waals surface area contributed by atoms with Crippen LogP contribution in [0.15, 0.2) is 12.1 Å². The molecule has 0 saturated carbocycles. The van der Waals surface area contributed by atoms with Gasteiger partial charge in [0.25, 0.3) is 0 Å². The van der Waals surface area contributed by atoms with Crippen molar-refractivity contribution in [3.63, 3.8) is 0 Å². The molecule has 0 aliphatic rings. The van der Waals surface area contributed by atoms with Gasteiger partial charge in [-0.25, -0.2) is 0 Å². The number of aryl methyl sites for hydroxylation is 2. The number of hydrogen-bond donors (Lipinski definition) is 1. The summed E-state index contributed by atoms with van der Waals surface area (Å²) in [6.45, 7) is 2.72. The van der Waals surface area contributed by atoms with Crippen LogP contribution in [0.2, 0.25) is 5.02 Å². The molecule has 3 heteroatoms. The molecule has 0 spiro atoms. The van der Waals surface area contributed by atoms with Crippen molar-refractivity contribution in [3.05, 3.63) is 28.3 Å². The van der Waals surface area contributed by atoms with Crippen LogP contribution in [0.3, 0.4) is 0 Å². The zero-order valence-corrected chi connectivity index (χ0v) is 9.40. The normalized spacial score (nSPS) is 10.3. The van der Waals surface area contributed by atoms with E-state index >= 15 is 0 Å². The van der Waals surface area contributed by atoms with Gasteiger partial charge in [0.05, 0.1) is 12.1 Å². The third-order valence-electron chi connectivity index (χ3n) is 2.13. The van der Waals surface area contributed by atoms with Crippen LogP contribution in [-0.2, 0) is 6.42 Å². The standard InChI is InChI=1S/C11H16ClNO/c1-8-6-9(4-3-5-13)11(12)10(7-8)14-2/h6-7H,3-5,13H2,1-2H3. The van der Waals surface area contributed by atoms with Crippen molar-refractivity contribution in [1.29, 1.82) is 0 Å². The molecule has 0 aliphatic heterocycles. The first-order valence-electron chi connectivity index (χ1n) is 4.72. The van der Waals surface area contributed by atoms with Gasteiger partial charge in [0.1, 0.15) is 5.75 Å². The van der Waals surface area contributed by atoms with Crippen LogP contribution in [0.25, 0.3) is 0 Å². The number of halogens is 1. The van der Waals surface area contributed by atoms with Gasteiger partial charge in [-0.05, 0) is 43.5 Å². The molecule has 1 aromatic carbocycles. The Morgan fingerprint density at radius 1 is 1.43 bits per heavy atom. The Kier molecular flexibility index (Phi) is 4.23. The number of ether oxygens (including phenoxy) is 1. The minimum atomic E-state index is 0.687. The molecular weight excluding hydrogens is 198 g/mol. The lowest BCUT2D eigenvalue weighted by Crippen LogP contribution is -2.01. The molecular formula is C11H16ClNO. The highest BCUT2D eigenvalue weighted by molar-refractivity contribution is 6.32. The maximum atomic E-state index is 6.15. The number of rotatable bonds is 4. The molecule has 0 aliphatic carbocycles. The molecule has 1 aromatic rings. The molecule has 0 aromatic heterocycles. The summed E-state index contributed by atoms with van der Waals surface area (Å²) < 4.78 is 5.18. The topological polar surface area (TPSA) is 35.2 Å². The zero-order chi connectivity index (χ0) is 10.6. The van der Waals surface area contributed by atoms with E-state index in [-0.39, 0.29) is 0 Å². The van der Waals surface area contributed by atoms with E-state index in [1.165, 1.54) is 5.56 Å². The highest BCUT2D eigenvalue weighted by Crippen LogP contribution is 2.30. The van der Waals surface area contributed by atoms with Crippen LogP contribution in [0.5, 0.6) is 5.75 Å². The van der Waals surface area contributed by atoms with Crippen LogP contribution in [0.1, 0.15) is 17.5 Å². The van der Waals surface area contributed by atoms with Crippen molar-refractivity contribution in [2.45, 2.75) is 19.8 Å². The predicted molar refractivity (Wildman–Crippen MR) is 60.1 cm³/mol. The Bertz CT molecular complexity index is 312. The van der Waals surface area contributed by atoms with Gasteiger partial charge in [0, 0.05) is 0 Å². The summed E-state index contributed by atoms with van der Waals surface area (Å²) in [4.78, 5) is 0. The number of nitrogens with two attached hydrogens (primary N) is 1. The van der Waals surface area contributed by atoms with Crippen LogP contribution < -0.4 is 10.5 Å². The predicted octanol–water partition coefficient (Wildman–Crippen LogP) is 2.55. The molecule has 1 rings (SSSR count). The number of hydrogen-bond acceptors (Lipinski definition) is 2. The largest absolute Gasteiger partial charge is 0.495 e. The summed E-state index contributed by atoms with van der Waals surface area (Å²) >= 11 is 6.15. The van der Waals surface area contributed by atoms with Crippen molar-refractivity contribution >= 4 is 11.6 Å². The molecule has 78 valence electrons. The third-order valence-corrected chi connectivity index (χ3v) is 2.56. The first-order valence-corrected chi connectivity index (χ1v) is 5.10. The second-order valence-electron chi connectivity index (χ2n) is 3.33. The van der Waals surface area contributed by atoms with E-state index < -0.39 is 0 Å². The summed E-state index contributed by atoms with van der Waals surface area (Å²) in [5.74, 6) is 0.749. The highest BCUT2D eigenvalue weighted by atomic mass is 35.5. The van der Waals surface area contributed by atoms with Gasteiger partial charge in [0.15, 0.2) is 0 Å². The van der Waals surface area contributed by atoms with Crippen molar-refractivity contribution in [2.75, 3.05) is 13.7 Å². The lowest BCUT2D eigenvalue weighted by Gasteiger charge is -2.09. The number of methoxy groups -OCH3 is 1. The molecule has 2 nitrogen and oxygen atoms in total. The molecule has 0 radical (unpaired) electrons. The van der Waals surface area contributed by atoms with E-state index in [0.717, 1.165) is 24.2 Å². The van der Waals surface area contributed by atoms with Crippen molar-refractivity contribution in [3.8, 4) is 5.75 Å². The Labute approximate surface area is 90.0 Å². The molecule has 14 heavy (non-hydrogen) atoms. The number of benzene rings is 1. The zero-order valence-electron chi connectivity index (χ0n) is 8.64. The van der Waals surface area contributed by atoms with E-state index in [9.17, 15) is 0 Å². The van der Waals surface area contributed by atoms with Crippen LogP contribution in [0.4, 0.5) is 0 Å². The van der Waals surface area contributed by atoms with Crippen molar-refractivity contribution < 1.29 is 4.74 Å². The van der Waals surface area contributed by atoms with Crippen molar-refractivity contribution in [1.82, 2.24) is 0 Å². The van der Waals surface area contributed by atoms with Crippen LogP contribution in [-0.4, -0.2) is 13.7 Å². The van der Waals surface area contributed by atoms with Crippen molar-refractivity contribution in [2.24, 2.45) is 5.73 Å². The Hall–Kier alpha value is -0.730. The highest BCUT2D eigenvalue weighted by Gasteiger charge is 2.07. The van der Waals surface area contributed by atoms with Gasteiger partial charge in [-0.15, -0.1) is 0 Å².